The maximum absolute atomic E-state index is 14.7. The van der Waals surface area contributed by atoms with Crippen LogP contribution in [-0.4, -0.2) is 50.9 Å². The molecule has 0 bridgehead atoms. The molecule has 0 aromatic carbocycles. The van der Waals surface area contributed by atoms with Crippen molar-refractivity contribution in [2.75, 3.05) is 29.9 Å². The van der Waals surface area contributed by atoms with E-state index in [1.165, 1.54) is 12.4 Å². The number of hydrogen-bond acceptors (Lipinski definition) is 6. The van der Waals surface area contributed by atoms with Crippen LogP contribution < -0.4 is 15.5 Å². The van der Waals surface area contributed by atoms with E-state index in [4.69, 9.17) is 0 Å². The molecule has 5 rings (SSSR count). The zero-order valence-corrected chi connectivity index (χ0v) is 18.2. The minimum absolute atomic E-state index is 0.00202. The van der Waals surface area contributed by atoms with Crippen molar-refractivity contribution in [1.29, 1.82) is 0 Å². The molecule has 5 heterocycles. The first-order valence-corrected chi connectivity index (χ1v) is 11.1. The van der Waals surface area contributed by atoms with Gasteiger partial charge in [0, 0.05) is 31.6 Å². The highest BCUT2D eigenvalue weighted by Crippen LogP contribution is 2.28. The predicted octanol–water partition coefficient (Wildman–Crippen LogP) is 3.39. The quantitative estimate of drug-likeness (QED) is 0.643. The van der Waals surface area contributed by atoms with Gasteiger partial charge in [0.2, 0.25) is 5.91 Å². The van der Waals surface area contributed by atoms with E-state index in [9.17, 15) is 13.6 Å². The molecule has 8 nitrogen and oxygen atoms in total. The number of rotatable bonds is 4. The van der Waals surface area contributed by atoms with Crippen LogP contribution in [0.2, 0.25) is 0 Å². The number of anilines is 2. The van der Waals surface area contributed by atoms with E-state index < -0.39 is 11.6 Å². The summed E-state index contributed by atoms with van der Waals surface area (Å²) in [5.41, 5.74) is 0.833. The largest absolute Gasteiger partial charge is 0.364 e. The molecule has 0 saturated carbocycles. The number of imidazole rings is 1. The Morgan fingerprint density at radius 1 is 1.16 bits per heavy atom. The number of amides is 1. The van der Waals surface area contributed by atoms with Crippen molar-refractivity contribution in [2.45, 2.75) is 45.6 Å². The SMILES string of the molecule is CC.O=C1CCCN1c1cn2c(-c3nc(NC4CCCNC4)c(F)cc3F)cnc2cn1. The van der Waals surface area contributed by atoms with Gasteiger partial charge in [0.05, 0.1) is 24.3 Å². The fraction of sp³-hybridized carbons (Fsp3) is 0.455. The molecule has 1 amide bonds. The number of fused-ring (bicyclic) bond motifs is 1. The average Bonchev–Trinajstić information content (AvgIpc) is 3.43. The Labute approximate surface area is 185 Å². The predicted molar refractivity (Wildman–Crippen MR) is 119 cm³/mol. The van der Waals surface area contributed by atoms with E-state index >= 15 is 0 Å². The number of carbonyl (C=O) groups excluding carboxylic acids is 1. The molecule has 2 aliphatic rings. The minimum Gasteiger partial charge on any atom is -0.364 e. The number of halogens is 2. The molecular formula is C22H27F2N7O. The molecule has 2 N–H and O–H groups in total. The standard InChI is InChI=1S/C20H21F2N7O.C2H6/c21-13-7-14(22)20(26-12-3-1-5-23-8-12)27-19(13)15-9-24-16-10-25-17(11-29(15)16)28-6-2-4-18(28)30;1-2/h7,9-12,23H,1-6,8H2,(H,26,27);1-2H3. The van der Waals surface area contributed by atoms with Crippen LogP contribution in [0.1, 0.15) is 39.5 Å². The molecule has 0 radical (unpaired) electrons. The van der Waals surface area contributed by atoms with Crippen LogP contribution in [0.25, 0.3) is 17.0 Å². The third-order valence-corrected chi connectivity index (χ3v) is 5.54. The van der Waals surface area contributed by atoms with Gasteiger partial charge in [-0.2, -0.15) is 0 Å². The highest BCUT2D eigenvalue weighted by atomic mass is 19.1. The molecule has 10 heteroatoms. The summed E-state index contributed by atoms with van der Waals surface area (Å²) in [6.07, 6.45) is 7.76. The van der Waals surface area contributed by atoms with Crippen molar-refractivity contribution in [2.24, 2.45) is 0 Å². The van der Waals surface area contributed by atoms with Gasteiger partial charge in [-0.3, -0.25) is 14.1 Å². The van der Waals surface area contributed by atoms with Gasteiger partial charge in [-0.25, -0.2) is 23.7 Å². The Morgan fingerprint density at radius 3 is 2.72 bits per heavy atom. The molecule has 1 atom stereocenters. The highest BCUT2D eigenvalue weighted by Gasteiger charge is 2.24. The fourth-order valence-corrected chi connectivity index (χ4v) is 4.00. The van der Waals surface area contributed by atoms with Gasteiger partial charge in [-0.05, 0) is 25.8 Å². The molecule has 170 valence electrons. The molecule has 2 aliphatic heterocycles. The molecule has 2 fully saturated rings. The van der Waals surface area contributed by atoms with Crippen LogP contribution in [0.4, 0.5) is 20.4 Å². The molecule has 3 aromatic heterocycles. The van der Waals surface area contributed by atoms with Crippen LogP contribution in [-0.2, 0) is 4.79 Å². The molecule has 32 heavy (non-hydrogen) atoms. The number of carbonyl (C=O) groups is 1. The summed E-state index contributed by atoms with van der Waals surface area (Å²) in [6, 6.07) is 0.866. The second-order valence-corrected chi connectivity index (χ2v) is 7.60. The van der Waals surface area contributed by atoms with Gasteiger partial charge in [0.15, 0.2) is 28.9 Å². The van der Waals surface area contributed by atoms with Crippen molar-refractivity contribution >= 4 is 23.2 Å². The summed E-state index contributed by atoms with van der Waals surface area (Å²) in [5, 5.41) is 6.33. The van der Waals surface area contributed by atoms with Crippen LogP contribution in [0.5, 0.6) is 0 Å². The van der Waals surface area contributed by atoms with Crippen molar-refractivity contribution in [3.05, 3.63) is 36.3 Å². The maximum Gasteiger partial charge on any atom is 0.228 e. The number of pyridine rings is 1. The Balaban J connectivity index is 0.00000119. The van der Waals surface area contributed by atoms with Crippen LogP contribution in [0, 0.1) is 11.6 Å². The number of aromatic nitrogens is 4. The van der Waals surface area contributed by atoms with E-state index in [1.54, 1.807) is 15.5 Å². The monoisotopic (exact) mass is 443 g/mol. The fourth-order valence-electron chi connectivity index (χ4n) is 4.00. The lowest BCUT2D eigenvalue weighted by molar-refractivity contribution is -0.117. The lowest BCUT2D eigenvalue weighted by Gasteiger charge is -2.24. The topological polar surface area (TPSA) is 87.5 Å². The number of hydrogen-bond donors (Lipinski definition) is 2. The lowest BCUT2D eigenvalue weighted by atomic mass is 10.1. The molecule has 0 spiro atoms. The zero-order valence-electron chi connectivity index (χ0n) is 18.2. The Kier molecular flexibility index (Phi) is 6.59. The van der Waals surface area contributed by atoms with Gasteiger partial charge >= 0.3 is 0 Å². The first-order valence-electron chi connectivity index (χ1n) is 11.1. The molecule has 0 aliphatic carbocycles. The second kappa shape index (κ2) is 9.56. The van der Waals surface area contributed by atoms with Crippen LogP contribution in [0.3, 0.4) is 0 Å². The van der Waals surface area contributed by atoms with Gasteiger partial charge in [0.1, 0.15) is 5.69 Å². The summed E-state index contributed by atoms with van der Waals surface area (Å²) >= 11 is 0. The first kappa shape index (κ1) is 22.1. The van der Waals surface area contributed by atoms with Gasteiger partial charge in [0.25, 0.3) is 0 Å². The molecule has 1 unspecified atom stereocenters. The van der Waals surface area contributed by atoms with Gasteiger partial charge < -0.3 is 10.6 Å². The van der Waals surface area contributed by atoms with Crippen molar-refractivity contribution < 1.29 is 13.6 Å². The maximum atomic E-state index is 14.7. The summed E-state index contributed by atoms with van der Waals surface area (Å²) in [4.78, 5) is 26.5. The molecule has 3 aromatic rings. The van der Waals surface area contributed by atoms with Crippen molar-refractivity contribution in [3.63, 3.8) is 0 Å². The normalized spacial score (nSPS) is 18.6. The molecular weight excluding hydrogens is 416 g/mol. The Morgan fingerprint density at radius 2 is 2.00 bits per heavy atom. The van der Waals surface area contributed by atoms with E-state index in [1.807, 2.05) is 13.8 Å². The van der Waals surface area contributed by atoms with Crippen LogP contribution >= 0.6 is 0 Å². The summed E-state index contributed by atoms with van der Waals surface area (Å²) in [7, 11) is 0. The van der Waals surface area contributed by atoms with Gasteiger partial charge in [-0.15, -0.1) is 0 Å². The smallest absolute Gasteiger partial charge is 0.228 e. The molecule has 2 saturated heterocycles. The lowest BCUT2D eigenvalue weighted by Crippen LogP contribution is -2.38. The minimum atomic E-state index is -0.780. The van der Waals surface area contributed by atoms with Gasteiger partial charge in [-0.1, -0.05) is 13.8 Å². The Hall–Kier alpha value is -3.14. The van der Waals surface area contributed by atoms with E-state index in [2.05, 4.69) is 25.6 Å². The van der Waals surface area contributed by atoms with Crippen molar-refractivity contribution in [3.8, 4) is 11.4 Å². The second-order valence-electron chi connectivity index (χ2n) is 7.60. The van der Waals surface area contributed by atoms with Crippen molar-refractivity contribution in [1.82, 2.24) is 24.7 Å². The van der Waals surface area contributed by atoms with E-state index in [-0.39, 0.29) is 23.5 Å². The number of piperidine rings is 1. The summed E-state index contributed by atoms with van der Waals surface area (Å²) in [5.74, 6) is -1.03. The number of nitrogens with zero attached hydrogens (tertiary/aromatic N) is 5. The van der Waals surface area contributed by atoms with E-state index in [0.717, 1.165) is 31.9 Å². The third kappa shape index (κ3) is 4.27. The highest BCUT2D eigenvalue weighted by molar-refractivity contribution is 5.94. The van der Waals surface area contributed by atoms with E-state index in [0.29, 0.717) is 36.7 Å². The Bertz CT molecular complexity index is 1110. The average molecular weight is 444 g/mol. The van der Waals surface area contributed by atoms with Crippen LogP contribution in [0.15, 0.2) is 24.7 Å². The number of nitrogens with one attached hydrogen (secondary N) is 2. The summed E-state index contributed by atoms with van der Waals surface area (Å²) < 4.78 is 30.7. The zero-order chi connectivity index (χ0) is 22.7. The first-order chi connectivity index (χ1) is 15.6. The summed E-state index contributed by atoms with van der Waals surface area (Å²) in [6.45, 7) is 6.22. The third-order valence-electron chi connectivity index (χ3n) is 5.54.